The average molecular weight is 437 g/mol. The van der Waals surface area contributed by atoms with Crippen molar-refractivity contribution < 1.29 is 28.2 Å². The smallest absolute Gasteiger partial charge is 0.397 e. The Bertz CT molecular complexity index is 1310. The molecule has 2 N–H and O–H groups in total. The van der Waals surface area contributed by atoms with Crippen LogP contribution >= 0.6 is 0 Å². The first-order chi connectivity index (χ1) is 15.5. The molecule has 0 atom stereocenters. The molecule has 0 saturated heterocycles. The highest BCUT2D eigenvalue weighted by molar-refractivity contribution is 6.37. The van der Waals surface area contributed by atoms with Crippen molar-refractivity contribution >= 4 is 28.6 Å². The van der Waals surface area contributed by atoms with Gasteiger partial charge in [0, 0.05) is 11.6 Å². The number of anilines is 1. The maximum atomic E-state index is 13.1. The molecule has 0 bridgehead atoms. The number of nitrogens with zero attached hydrogens (tertiary/aromatic N) is 4. The second-order valence-electron chi connectivity index (χ2n) is 6.54. The Morgan fingerprint density at radius 3 is 2.72 bits per heavy atom. The predicted octanol–water partition coefficient (Wildman–Crippen LogP) is 2.62. The summed E-state index contributed by atoms with van der Waals surface area (Å²) >= 11 is 0. The third-order valence-electron chi connectivity index (χ3n) is 4.37. The molecule has 4 rings (SSSR count). The van der Waals surface area contributed by atoms with Crippen LogP contribution in [-0.2, 0) is 20.7 Å². The first-order valence-corrected chi connectivity index (χ1v) is 9.49. The molecule has 10 nitrogen and oxygen atoms in total. The molecule has 0 unspecified atom stereocenters. The molecule has 0 aliphatic rings. The molecular formula is C21H16FN5O5. The molecule has 0 spiro atoms. The van der Waals surface area contributed by atoms with Crippen LogP contribution in [0, 0.1) is 5.82 Å². The van der Waals surface area contributed by atoms with E-state index < -0.39 is 11.9 Å². The van der Waals surface area contributed by atoms with Gasteiger partial charge in [0.05, 0.1) is 13.0 Å². The van der Waals surface area contributed by atoms with Gasteiger partial charge in [0.15, 0.2) is 11.4 Å². The molecule has 162 valence electrons. The van der Waals surface area contributed by atoms with Gasteiger partial charge in [-0.25, -0.2) is 14.2 Å². The van der Waals surface area contributed by atoms with Gasteiger partial charge in [-0.1, -0.05) is 12.1 Å². The molecule has 1 aromatic carbocycles. The number of ether oxygens (including phenoxy) is 1. The standard InChI is InChI=1S/C21H16FN5O5/c1-2-31-21(30)19(29)25-18-13-4-3-9-23-15(13)17(28)16(24-18)20-27-26-14(32-20)10-11-5-7-12(22)8-6-11/h3-9,28H,2,10H2,1H3,(H,24,25,29). The number of benzene rings is 1. The SMILES string of the molecule is CCOC(=O)C(=O)Nc1nc(-c2nnc(Cc3ccc(F)cc3)o2)c(O)c2ncccc12. The van der Waals surface area contributed by atoms with Crippen molar-refractivity contribution in [3.05, 3.63) is 59.9 Å². The predicted molar refractivity (Wildman–Crippen MR) is 109 cm³/mol. The van der Waals surface area contributed by atoms with Crippen LogP contribution in [0.1, 0.15) is 18.4 Å². The Balaban J connectivity index is 1.70. The summed E-state index contributed by atoms with van der Waals surface area (Å²) in [5.41, 5.74) is 0.713. The number of hydrogen-bond acceptors (Lipinski definition) is 9. The van der Waals surface area contributed by atoms with E-state index in [-0.39, 0.29) is 58.8 Å². The van der Waals surface area contributed by atoms with E-state index in [1.807, 2.05) is 0 Å². The second kappa shape index (κ2) is 8.76. The number of fused-ring (bicyclic) bond motifs is 1. The van der Waals surface area contributed by atoms with Gasteiger partial charge in [-0.3, -0.25) is 9.78 Å². The van der Waals surface area contributed by atoms with Gasteiger partial charge in [-0.05, 0) is 36.8 Å². The number of nitrogens with one attached hydrogen (secondary N) is 1. The zero-order valence-electron chi connectivity index (χ0n) is 16.7. The molecule has 1 amide bonds. The Hall–Kier alpha value is -4.41. The van der Waals surface area contributed by atoms with Crippen molar-refractivity contribution in [3.63, 3.8) is 0 Å². The molecule has 3 aromatic heterocycles. The fourth-order valence-electron chi connectivity index (χ4n) is 2.92. The number of halogens is 1. The topological polar surface area (TPSA) is 140 Å². The minimum Gasteiger partial charge on any atom is -0.504 e. The third kappa shape index (κ3) is 4.21. The van der Waals surface area contributed by atoms with Crippen molar-refractivity contribution in [1.29, 1.82) is 0 Å². The Morgan fingerprint density at radius 2 is 1.97 bits per heavy atom. The number of esters is 1. The van der Waals surface area contributed by atoms with Crippen molar-refractivity contribution in [3.8, 4) is 17.3 Å². The summed E-state index contributed by atoms with van der Waals surface area (Å²) in [5, 5.41) is 21.2. The monoisotopic (exact) mass is 437 g/mol. The summed E-state index contributed by atoms with van der Waals surface area (Å²) in [5.74, 6) is -2.80. The van der Waals surface area contributed by atoms with Crippen molar-refractivity contribution in [2.75, 3.05) is 11.9 Å². The lowest BCUT2D eigenvalue weighted by Gasteiger charge is -2.10. The van der Waals surface area contributed by atoms with Crippen LogP contribution in [0.5, 0.6) is 5.75 Å². The largest absolute Gasteiger partial charge is 0.504 e. The number of hydrogen-bond donors (Lipinski definition) is 2. The van der Waals surface area contributed by atoms with E-state index in [4.69, 9.17) is 4.42 Å². The Kier molecular flexibility index (Phi) is 5.71. The van der Waals surface area contributed by atoms with Crippen LogP contribution in [0.4, 0.5) is 10.2 Å². The van der Waals surface area contributed by atoms with Crippen LogP contribution < -0.4 is 5.32 Å². The summed E-state index contributed by atoms with van der Waals surface area (Å²) in [6.07, 6.45) is 1.67. The Morgan fingerprint density at radius 1 is 1.19 bits per heavy atom. The first kappa shape index (κ1) is 20.8. The quantitative estimate of drug-likeness (QED) is 0.356. The molecule has 4 aromatic rings. The summed E-state index contributed by atoms with van der Waals surface area (Å²) in [7, 11) is 0. The van der Waals surface area contributed by atoms with E-state index in [1.165, 1.54) is 18.3 Å². The summed E-state index contributed by atoms with van der Waals surface area (Å²) in [4.78, 5) is 32.2. The van der Waals surface area contributed by atoms with Crippen LogP contribution in [0.3, 0.4) is 0 Å². The van der Waals surface area contributed by atoms with E-state index in [9.17, 15) is 19.1 Å². The highest BCUT2D eigenvalue weighted by atomic mass is 19.1. The Labute approximate surface area is 180 Å². The lowest BCUT2D eigenvalue weighted by atomic mass is 10.1. The van der Waals surface area contributed by atoms with Gasteiger partial charge in [0.1, 0.15) is 17.2 Å². The highest BCUT2D eigenvalue weighted by Crippen LogP contribution is 2.36. The number of carbonyl (C=O) groups is 2. The van der Waals surface area contributed by atoms with Crippen LogP contribution in [0.25, 0.3) is 22.5 Å². The first-order valence-electron chi connectivity index (χ1n) is 9.49. The van der Waals surface area contributed by atoms with Gasteiger partial charge >= 0.3 is 11.9 Å². The molecule has 0 aliphatic carbocycles. The summed E-state index contributed by atoms with van der Waals surface area (Å²) in [6, 6.07) is 8.93. The zero-order valence-corrected chi connectivity index (χ0v) is 16.7. The van der Waals surface area contributed by atoms with Gasteiger partial charge in [-0.15, -0.1) is 10.2 Å². The molecule has 0 saturated carbocycles. The van der Waals surface area contributed by atoms with Crippen molar-refractivity contribution in [2.45, 2.75) is 13.3 Å². The average Bonchev–Trinajstić information content (AvgIpc) is 3.25. The molecule has 32 heavy (non-hydrogen) atoms. The number of rotatable bonds is 5. The maximum Gasteiger partial charge on any atom is 0.397 e. The van der Waals surface area contributed by atoms with E-state index in [0.717, 1.165) is 5.56 Å². The van der Waals surface area contributed by atoms with Crippen molar-refractivity contribution in [2.24, 2.45) is 0 Å². The van der Waals surface area contributed by atoms with Gasteiger partial charge in [0.25, 0.3) is 5.89 Å². The van der Waals surface area contributed by atoms with Crippen LogP contribution in [-0.4, -0.2) is 43.8 Å². The summed E-state index contributed by atoms with van der Waals surface area (Å²) < 4.78 is 23.4. The zero-order chi connectivity index (χ0) is 22.7. The molecule has 0 radical (unpaired) electrons. The molecule has 11 heteroatoms. The maximum absolute atomic E-state index is 13.1. The minimum atomic E-state index is -1.08. The van der Waals surface area contributed by atoms with E-state index in [1.54, 1.807) is 31.2 Å². The number of pyridine rings is 2. The fraction of sp³-hybridized carbons (Fsp3) is 0.143. The normalized spacial score (nSPS) is 10.8. The lowest BCUT2D eigenvalue weighted by molar-refractivity contribution is -0.152. The number of aromatic hydroxyl groups is 1. The van der Waals surface area contributed by atoms with Crippen LogP contribution in [0.2, 0.25) is 0 Å². The third-order valence-corrected chi connectivity index (χ3v) is 4.37. The molecule has 0 fully saturated rings. The van der Waals surface area contributed by atoms with Gasteiger partial charge in [0.2, 0.25) is 5.89 Å². The van der Waals surface area contributed by atoms with Gasteiger partial charge < -0.3 is 19.6 Å². The lowest BCUT2D eigenvalue weighted by Crippen LogP contribution is -2.25. The van der Waals surface area contributed by atoms with E-state index in [2.05, 4.69) is 30.2 Å². The van der Waals surface area contributed by atoms with Gasteiger partial charge in [-0.2, -0.15) is 0 Å². The van der Waals surface area contributed by atoms with E-state index >= 15 is 0 Å². The fourth-order valence-corrected chi connectivity index (χ4v) is 2.92. The minimum absolute atomic E-state index is 0.0294. The number of aromatic nitrogens is 4. The molecule has 3 heterocycles. The molecule has 0 aliphatic heterocycles. The molecular weight excluding hydrogens is 421 g/mol. The highest BCUT2D eigenvalue weighted by Gasteiger charge is 2.23. The van der Waals surface area contributed by atoms with Crippen LogP contribution in [0.15, 0.2) is 47.0 Å². The number of amides is 1. The van der Waals surface area contributed by atoms with E-state index in [0.29, 0.717) is 0 Å². The van der Waals surface area contributed by atoms with Crippen molar-refractivity contribution in [1.82, 2.24) is 20.2 Å². The number of carbonyl (C=O) groups excluding carboxylic acids is 2. The summed E-state index contributed by atoms with van der Waals surface area (Å²) in [6.45, 7) is 1.60. The second-order valence-corrected chi connectivity index (χ2v) is 6.54.